The molecule has 0 aromatic rings. The van der Waals surface area contributed by atoms with Crippen LogP contribution in [0.1, 0.15) is 25.7 Å². The van der Waals surface area contributed by atoms with Gasteiger partial charge in [0.25, 0.3) is 0 Å². The van der Waals surface area contributed by atoms with E-state index in [0.717, 1.165) is 25.9 Å². The summed E-state index contributed by atoms with van der Waals surface area (Å²) >= 11 is 0. The monoisotopic (exact) mass is 172 g/mol. The highest BCUT2D eigenvalue weighted by molar-refractivity contribution is 4.87. The van der Waals surface area contributed by atoms with E-state index < -0.39 is 0 Å². The van der Waals surface area contributed by atoms with E-state index in [9.17, 15) is 0 Å². The quantitative estimate of drug-likeness (QED) is 0.687. The van der Waals surface area contributed by atoms with E-state index in [4.69, 9.17) is 14.6 Å². The first kappa shape index (κ1) is 8.48. The fourth-order valence-corrected chi connectivity index (χ4v) is 1.59. The molecule has 1 saturated heterocycles. The predicted octanol–water partition coefficient (Wildman–Crippen LogP) is 0.910. The van der Waals surface area contributed by atoms with Crippen LogP contribution in [0.5, 0.6) is 0 Å². The SMILES string of the molecule is OCC1CC1OC1CCCCO1. The van der Waals surface area contributed by atoms with Gasteiger partial charge >= 0.3 is 0 Å². The fourth-order valence-electron chi connectivity index (χ4n) is 1.59. The maximum absolute atomic E-state index is 8.79. The summed E-state index contributed by atoms with van der Waals surface area (Å²) in [7, 11) is 0. The van der Waals surface area contributed by atoms with Crippen LogP contribution in [0.3, 0.4) is 0 Å². The van der Waals surface area contributed by atoms with Crippen molar-refractivity contribution >= 4 is 0 Å². The minimum Gasteiger partial charge on any atom is -0.396 e. The number of aliphatic hydroxyl groups excluding tert-OH is 1. The van der Waals surface area contributed by atoms with Gasteiger partial charge in [0.15, 0.2) is 6.29 Å². The molecule has 0 aromatic heterocycles. The van der Waals surface area contributed by atoms with Crippen LogP contribution in [0.4, 0.5) is 0 Å². The van der Waals surface area contributed by atoms with Crippen molar-refractivity contribution in [3.05, 3.63) is 0 Å². The van der Waals surface area contributed by atoms with Crippen LogP contribution in [0.2, 0.25) is 0 Å². The Hall–Kier alpha value is -0.120. The van der Waals surface area contributed by atoms with Crippen LogP contribution in [-0.4, -0.2) is 30.7 Å². The second kappa shape index (κ2) is 3.73. The standard InChI is InChI=1S/C9H16O3/c10-6-7-5-8(7)12-9-3-1-2-4-11-9/h7-10H,1-6H2. The fraction of sp³-hybridized carbons (Fsp3) is 1.00. The molecule has 3 unspecified atom stereocenters. The molecule has 2 aliphatic rings. The number of ether oxygens (including phenoxy) is 2. The van der Waals surface area contributed by atoms with Crippen molar-refractivity contribution < 1.29 is 14.6 Å². The van der Waals surface area contributed by atoms with Gasteiger partial charge in [0, 0.05) is 19.1 Å². The van der Waals surface area contributed by atoms with Crippen LogP contribution >= 0.6 is 0 Å². The van der Waals surface area contributed by atoms with Gasteiger partial charge in [-0.2, -0.15) is 0 Å². The first-order chi connectivity index (χ1) is 5.90. The van der Waals surface area contributed by atoms with Crippen molar-refractivity contribution in [3.8, 4) is 0 Å². The molecule has 0 bridgehead atoms. The van der Waals surface area contributed by atoms with E-state index >= 15 is 0 Å². The Bertz CT molecular complexity index is 143. The lowest BCUT2D eigenvalue weighted by molar-refractivity contribution is -0.171. The molecule has 1 aliphatic carbocycles. The van der Waals surface area contributed by atoms with Crippen LogP contribution in [0, 0.1) is 5.92 Å². The Morgan fingerprint density at radius 2 is 2.33 bits per heavy atom. The smallest absolute Gasteiger partial charge is 0.157 e. The average Bonchev–Trinajstić information content (AvgIpc) is 2.85. The van der Waals surface area contributed by atoms with Gasteiger partial charge in [-0.3, -0.25) is 0 Å². The second-order valence-electron chi connectivity index (χ2n) is 3.65. The van der Waals surface area contributed by atoms with Crippen LogP contribution < -0.4 is 0 Å². The van der Waals surface area contributed by atoms with Gasteiger partial charge in [-0.25, -0.2) is 0 Å². The first-order valence-electron chi connectivity index (χ1n) is 4.78. The zero-order valence-electron chi connectivity index (χ0n) is 7.24. The highest BCUT2D eigenvalue weighted by atomic mass is 16.7. The lowest BCUT2D eigenvalue weighted by Gasteiger charge is -2.22. The summed E-state index contributed by atoms with van der Waals surface area (Å²) in [5, 5.41) is 8.79. The number of hydrogen-bond acceptors (Lipinski definition) is 3. The summed E-state index contributed by atoms with van der Waals surface area (Å²) in [6, 6.07) is 0. The Morgan fingerprint density at radius 3 is 2.92 bits per heavy atom. The molecule has 0 amide bonds. The summed E-state index contributed by atoms with van der Waals surface area (Å²) in [5.74, 6) is 0.385. The Morgan fingerprint density at radius 1 is 1.42 bits per heavy atom. The van der Waals surface area contributed by atoms with Crippen LogP contribution in [0.15, 0.2) is 0 Å². The lowest BCUT2D eigenvalue weighted by Crippen LogP contribution is -2.23. The summed E-state index contributed by atoms with van der Waals surface area (Å²) in [4.78, 5) is 0. The van der Waals surface area contributed by atoms with Crippen LogP contribution in [-0.2, 0) is 9.47 Å². The zero-order valence-corrected chi connectivity index (χ0v) is 7.24. The maximum Gasteiger partial charge on any atom is 0.157 e. The van der Waals surface area contributed by atoms with Crippen molar-refractivity contribution in [2.24, 2.45) is 5.92 Å². The van der Waals surface area contributed by atoms with E-state index in [1.807, 2.05) is 0 Å². The zero-order chi connectivity index (χ0) is 8.39. The molecule has 1 heterocycles. The Kier molecular flexibility index (Phi) is 2.63. The minimum atomic E-state index is 0.0142. The molecular formula is C9H16O3. The van der Waals surface area contributed by atoms with Crippen molar-refractivity contribution in [2.75, 3.05) is 13.2 Å². The summed E-state index contributed by atoms with van der Waals surface area (Å²) < 4.78 is 11.0. The Labute approximate surface area is 72.7 Å². The Balaban J connectivity index is 1.66. The summed E-state index contributed by atoms with van der Waals surface area (Å²) in [5.41, 5.74) is 0. The molecule has 3 heteroatoms. The van der Waals surface area contributed by atoms with Gasteiger partial charge in [0.1, 0.15) is 0 Å². The van der Waals surface area contributed by atoms with Crippen molar-refractivity contribution in [1.82, 2.24) is 0 Å². The summed E-state index contributed by atoms with van der Waals surface area (Å²) in [6.45, 7) is 1.10. The lowest BCUT2D eigenvalue weighted by atomic mass is 10.2. The van der Waals surface area contributed by atoms with Gasteiger partial charge in [0.2, 0.25) is 0 Å². The third kappa shape index (κ3) is 1.97. The summed E-state index contributed by atoms with van der Waals surface area (Å²) in [6.07, 6.45) is 4.69. The highest BCUT2D eigenvalue weighted by Gasteiger charge is 2.39. The molecule has 3 nitrogen and oxygen atoms in total. The largest absolute Gasteiger partial charge is 0.396 e. The van der Waals surface area contributed by atoms with Crippen molar-refractivity contribution in [1.29, 1.82) is 0 Å². The van der Waals surface area contributed by atoms with E-state index in [1.54, 1.807) is 0 Å². The molecule has 2 rings (SSSR count). The molecule has 1 N–H and O–H groups in total. The molecule has 0 aromatic carbocycles. The third-order valence-electron chi connectivity index (χ3n) is 2.56. The highest BCUT2D eigenvalue weighted by Crippen LogP contribution is 2.35. The third-order valence-corrected chi connectivity index (χ3v) is 2.56. The normalized spacial score (nSPS) is 41.2. The van der Waals surface area contributed by atoms with Crippen LogP contribution in [0.25, 0.3) is 0 Å². The molecule has 0 spiro atoms. The van der Waals surface area contributed by atoms with E-state index in [-0.39, 0.29) is 19.0 Å². The molecule has 1 aliphatic heterocycles. The van der Waals surface area contributed by atoms with Gasteiger partial charge in [-0.05, 0) is 25.7 Å². The number of rotatable bonds is 3. The molecule has 12 heavy (non-hydrogen) atoms. The number of aliphatic hydroxyl groups is 1. The van der Waals surface area contributed by atoms with E-state index in [0.29, 0.717) is 5.92 Å². The minimum absolute atomic E-state index is 0.0142. The average molecular weight is 172 g/mol. The number of hydrogen-bond donors (Lipinski definition) is 1. The predicted molar refractivity (Wildman–Crippen MR) is 43.7 cm³/mol. The van der Waals surface area contributed by atoms with Crippen molar-refractivity contribution in [2.45, 2.75) is 38.1 Å². The first-order valence-corrected chi connectivity index (χ1v) is 4.78. The maximum atomic E-state index is 8.79. The molecule has 70 valence electrons. The molecule has 3 atom stereocenters. The van der Waals surface area contributed by atoms with Gasteiger partial charge in [-0.1, -0.05) is 0 Å². The topological polar surface area (TPSA) is 38.7 Å². The second-order valence-corrected chi connectivity index (χ2v) is 3.65. The van der Waals surface area contributed by atoms with Gasteiger partial charge in [0.05, 0.1) is 6.10 Å². The van der Waals surface area contributed by atoms with E-state index in [2.05, 4.69) is 0 Å². The van der Waals surface area contributed by atoms with Gasteiger partial charge in [-0.15, -0.1) is 0 Å². The molecule has 2 fully saturated rings. The van der Waals surface area contributed by atoms with Gasteiger partial charge < -0.3 is 14.6 Å². The molecular weight excluding hydrogens is 156 g/mol. The molecule has 1 saturated carbocycles. The van der Waals surface area contributed by atoms with Crippen molar-refractivity contribution in [3.63, 3.8) is 0 Å². The van der Waals surface area contributed by atoms with E-state index in [1.165, 1.54) is 6.42 Å². The molecule has 0 radical (unpaired) electrons.